The molecule has 0 saturated heterocycles. The minimum absolute atomic E-state index is 0.0218. The average molecular weight is 470 g/mol. The van der Waals surface area contributed by atoms with Gasteiger partial charge in [0.05, 0.1) is 22.6 Å². The van der Waals surface area contributed by atoms with Crippen LogP contribution in [-0.2, 0) is 21.1 Å². The van der Waals surface area contributed by atoms with Crippen LogP contribution >= 0.6 is 11.3 Å². The van der Waals surface area contributed by atoms with Gasteiger partial charge in [0, 0.05) is 16.9 Å². The highest BCUT2D eigenvalue weighted by atomic mass is 32.2. The number of sulfone groups is 1. The van der Waals surface area contributed by atoms with E-state index < -0.39 is 14.6 Å². The topological polar surface area (TPSA) is 64.1 Å². The van der Waals surface area contributed by atoms with E-state index in [-0.39, 0.29) is 23.4 Å². The number of Topliss-reactive ketones (excluding diaryl/α,β-unsaturated/α-hetero) is 1. The van der Waals surface area contributed by atoms with Crippen molar-refractivity contribution in [3.63, 3.8) is 0 Å². The van der Waals surface area contributed by atoms with Crippen molar-refractivity contribution in [1.29, 1.82) is 0 Å². The number of thiazole rings is 1. The summed E-state index contributed by atoms with van der Waals surface area (Å²) in [6.45, 7) is 5.29. The largest absolute Gasteiger partial charge is 0.299 e. The molecule has 0 aliphatic heterocycles. The molecule has 0 atom stereocenters. The molecule has 0 N–H and O–H groups in total. The van der Waals surface area contributed by atoms with Crippen LogP contribution in [0.3, 0.4) is 0 Å². The number of nitrogens with zero attached hydrogens (tertiary/aromatic N) is 1. The Morgan fingerprint density at radius 3 is 2.44 bits per heavy atom. The molecule has 4 rings (SSSR count). The van der Waals surface area contributed by atoms with Crippen molar-refractivity contribution in [2.75, 3.05) is 5.75 Å². The Labute approximate surface area is 195 Å². The summed E-state index contributed by atoms with van der Waals surface area (Å²) in [5.74, 6) is 0.661. The number of carbonyl (C=O) groups is 1. The van der Waals surface area contributed by atoms with Gasteiger partial charge in [-0.15, -0.1) is 11.3 Å². The van der Waals surface area contributed by atoms with Gasteiger partial charge in [-0.1, -0.05) is 42.5 Å². The van der Waals surface area contributed by atoms with Gasteiger partial charge >= 0.3 is 0 Å². The highest BCUT2D eigenvalue weighted by Gasteiger charge is 2.34. The Morgan fingerprint density at radius 1 is 1.03 bits per heavy atom. The van der Waals surface area contributed by atoms with E-state index in [1.165, 1.54) is 10.8 Å². The minimum Gasteiger partial charge on any atom is -0.299 e. The zero-order valence-electron chi connectivity index (χ0n) is 19.0. The number of carbonyl (C=O) groups excluding carboxylic acids is 1. The smallest absolute Gasteiger partial charge is 0.155 e. The second-order valence-electron chi connectivity index (χ2n) is 9.91. The van der Waals surface area contributed by atoms with Crippen LogP contribution in [0.2, 0.25) is 0 Å². The highest BCUT2D eigenvalue weighted by Crippen LogP contribution is 2.34. The lowest BCUT2D eigenvalue weighted by molar-refractivity contribution is -0.123. The van der Waals surface area contributed by atoms with Gasteiger partial charge in [0.15, 0.2) is 9.84 Å². The normalized spacial score (nSPS) is 19.8. The standard InChI is InChI=1S/C26H31NO3S2/c1-26(2,3)32(29,30)17-18-11-13-20(14-12-18)24(28)15-25-27-23(16-31-25)22-10-6-8-19-7-4-5-9-21(19)22/h4-10,16,18,20H,11-15,17H2,1-3H3. The molecule has 1 saturated carbocycles. The molecule has 1 fully saturated rings. The van der Waals surface area contributed by atoms with Crippen molar-refractivity contribution in [3.05, 3.63) is 52.9 Å². The maximum atomic E-state index is 12.9. The maximum absolute atomic E-state index is 12.9. The molecule has 6 heteroatoms. The van der Waals surface area contributed by atoms with Crippen molar-refractivity contribution in [2.24, 2.45) is 11.8 Å². The summed E-state index contributed by atoms with van der Waals surface area (Å²) >= 11 is 1.55. The molecule has 0 bridgehead atoms. The van der Waals surface area contributed by atoms with Gasteiger partial charge in [0.1, 0.15) is 10.8 Å². The fourth-order valence-electron chi connectivity index (χ4n) is 4.47. The summed E-state index contributed by atoms with van der Waals surface area (Å²) in [6, 6.07) is 14.5. The van der Waals surface area contributed by atoms with Gasteiger partial charge in [-0.25, -0.2) is 13.4 Å². The number of rotatable bonds is 6. The highest BCUT2D eigenvalue weighted by molar-refractivity contribution is 7.92. The molecule has 170 valence electrons. The van der Waals surface area contributed by atoms with Crippen LogP contribution in [0.4, 0.5) is 0 Å². The van der Waals surface area contributed by atoms with Crippen LogP contribution in [0.5, 0.6) is 0 Å². The molecule has 4 nitrogen and oxygen atoms in total. The van der Waals surface area contributed by atoms with Crippen LogP contribution in [0.25, 0.3) is 22.0 Å². The molecule has 3 aromatic rings. The van der Waals surface area contributed by atoms with Crippen molar-refractivity contribution >= 4 is 37.7 Å². The molecule has 0 unspecified atom stereocenters. The fourth-order valence-corrected chi connectivity index (χ4v) is 6.73. The first-order valence-corrected chi connectivity index (χ1v) is 13.8. The van der Waals surface area contributed by atoms with E-state index >= 15 is 0 Å². The molecule has 0 spiro atoms. The second-order valence-corrected chi connectivity index (χ2v) is 13.6. The number of benzene rings is 2. The molecule has 1 aliphatic rings. The van der Waals surface area contributed by atoms with Crippen LogP contribution in [-0.4, -0.2) is 29.7 Å². The zero-order valence-corrected chi connectivity index (χ0v) is 20.6. The number of hydrogen-bond acceptors (Lipinski definition) is 5. The van der Waals surface area contributed by atoms with E-state index in [2.05, 4.69) is 24.3 Å². The zero-order chi connectivity index (χ0) is 22.9. The van der Waals surface area contributed by atoms with E-state index in [0.717, 1.165) is 41.9 Å². The lowest BCUT2D eigenvalue weighted by atomic mass is 9.80. The number of fused-ring (bicyclic) bond motifs is 1. The summed E-state index contributed by atoms with van der Waals surface area (Å²) in [6.07, 6.45) is 3.55. The van der Waals surface area contributed by atoms with Crippen molar-refractivity contribution in [2.45, 2.75) is 57.6 Å². The van der Waals surface area contributed by atoms with E-state index in [4.69, 9.17) is 4.98 Å². The number of ketones is 1. The Morgan fingerprint density at radius 2 is 1.72 bits per heavy atom. The summed E-state index contributed by atoms with van der Waals surface area (Å²) in [4.78, 5) is 17.7. The first-order chi connectivity index (χ1) is 15.1. The fraction of sp³-hybridized carbons (Fsp3) is 0.462. The Bertz CT molecular complexity index is 1210. The van der Waals surface area contributed by atoms with Crippen LogP contribution in [0.15, 0.2) is 47.8 Å². The van der Waals surface area contributed by atoms with Crippen molar-refractivity contribution < 1.29 is 13.2 Å². The summed E-state index contributed by atoms with van der Waals surface area (Å²) in [5, 5.41) is 5.25. The molecule has 32 heavy (non-hydrogen) atoms. The second kappa shape index (κ2) is 9.06. The van der Waals surface area contributed by atoms with Gasteiger partial charge in [-0.2, -0.15) is 0 Å². The lowest BCUT2D eigenvalue weighted by Gasteiger charge is -2.29. The van der Waals surface area contributed by atoms with Gasteiger partial charge in [-0.3, -0.25) is 4.79 Å². The first-order valence-electron chi connectivity index (χ1n) is 11.3. The van der Waals surface area contributed by atoms with E-state index in [0.29, 0.717) is 6.42 Å². The SMILES string of the molecule is CC(C)(C)S(=O)(=O)CC1CCC(C(=O)Cc2nc(-c3cccc4ccccc34)cs2)CC1. The predicted molar refractivity (Wildman–Crippen MR) is 133 cm³/mol. The Kier molecular flexibility index (Phi) is 6.55. The summed E-state index contributed by atoms with van der Waals surface area (Å²) in [7, 11) is -3.12. The molecular formula is C26H31NO3S2. The van der Waals surface area contributed by atoms with Crippen LogP contribution in [0, 0.1) is 11.8 Å². The molecule has 1 heterocycles. The van der Waals surface area contributed by atoms with Gasteiger partial charge in [0.2, 0.25) is 0 Å². The minimum atomic E-state index is -3.12. The predicted octanol–water partition coefficient (Wildman–Crippen LogP) is 6.09. The van der Waals surface area contributed by atoms with Gasteiger partial charge < -0.3 is 0 Å². The summed E-state index contributed by atoms with van der Waals surface area (Å²) < 4.78 is 24.3. The molecule has 2 aromatic carbocycles. The number of hydrogen-bond donors (Lipinski definition) is 0. The Hall–Kier alpha value is -2.05. The van der Waals surface area contributed by atoms with Crippen molar-refractivity contribution in [3.8, 4) is 11.3 Å². The van der Waals surface area contributed by atoms with E-state index in [1.807, 2.05) is 23.6 Å². The monoisotopic (exact) mass is 469 g/mol. The Balaban J connectivity index is 1.37. The molecule has 1 aromatic heterocycles. The molecule has 0 radical (unpaired) electrons. The molecular weight excluding hydrogens is 438 g/mol. The van der Waals surface area contributed by atoms with Crippen LogP contribution < -0.4 is 0 Å². The quantitative estimate of drug-likeness (QED) is 0.438. The number of aromatic nitrogens is 1. The third-order valence-corrected chi connectivity index (χ3v) is 10.3. The van der Waals surface area contributed by atoms with Crippen LogP contribution in [0.1, 0.15) is 51.5 Å². The van der Waals surface area contributed by atoms with E-state index in [1.54, 1.807) is 32.1 Å². The third-order valence-electron chi connectivity index (χ3n) is 6.63. The molecule has 0 amide bonds. The average Bonchev–Trinajstić information content (AvgIpc) is 3.21. The molecule has 1 aliphatic carbocycles. The summed E-state index contributed by atoms with van der Waals surface area (Å²) in [5.41, 5.74) is 2.02. The third kappa shape index (κ3) is 4.96. The van der Waals surface area contributed by atoms with Gasteiger partial charge in [0.25, 0.3) is 0 Å². The van der Waals surface area contributed by atoms with Crippen molar-refractivity contribution in [1.82, 2.24) is 4.98 Å². The maximum Gasteiger partial charge on any atom is 0.155 e. The van der Waals surface area contributed by atoms with Gasteiger partial charge in [-0.05, 0) is 63.1 Å². The van der Waals surface area contributed by atoms with E-state index in [9.17, 15) is 13.2 Å². The lowest BCUT2D eigenvalue weighted by Crippen LogP contribution is -2.35. The first kappa shape index (κ1) is 23.1.